The van der Waals surface area contributed by atoms with Crippen molar-refractivity contribution in [3.05, 3.63) is 12.2 Å². The summed E-state index contributed by atoms with van der Waals surface area (Å²) in [7, 11) is 0. The van der Waals surface area contributed by atoms with Crippen molar-refractivity contribution in [2.75, 3.05) is 0 Å². The quantitative estimate of drug-likeness (QED) is 0.512. The fourth-order valence-electron chi connectivity index (χ4n) is 0.515. The molecule has 1 atom stereocenters. The number of hydrogen-bond acceptors (Lipinski definition) is 2. The molecule has 1 aliphatic rings. The van der Waals surface area contributed by atoms with Crippen molar-refractivity contribution in [2.45, 2.75) is 6.04 Å². The first kappa shape index (κ1) is 5.44. The van der Waals surface area contributed by atoms with E-state index in [-0.39, 0.29) is 6.04 Å². The van der Waals surface area contributed by atoms with Crippen LogP contribution in [0.4, 0.5) is 0 Å². The van der Waals surface area contributed by atoms with Gasteiger partial charge in [-0.2, -0.15) is 0 Å². The maximum atomic E-state index is 5.26. The van der Waals surface area contributed by atoms with Gasteiger partial charge in [-0.25, -0.2) is 0 Å². The van der Waals surface area contributed by atoms with Gasteiger partial charge in [-0.15, -0.1) is 0 Å². The maximum absolute atomic E-state index is 5.26. The van der Waals surface area contributed by atoms with Gasteiger partial charge in [-0.1, -0.05) is 18.3 Å². The lowest BCUT2D eigenvalue weighted by atomic mass is 10.3. The second-order valence-corrected chi connectivity index (χ2v) is 2.00. The molecule has 42 valence electrons. The highest BCUT2D eigenvalue weighted by molar-refractivity contribution is 7.80. The fraction of sp³-hybridized carbons (Fsp3) is 0.200. The molecule has 1 heterocycles. The zero-order valence-corrected chi connectivity index (χ0v) is 5.06. The van der Waals surface area contributed by atoms with Crippen LogP contribution in [-0.4, -0.2) is 17.2 Å². The van der Waals surface area contributed by atoms with Gasteiger partial charge in [0, 0.05) is 6.21 Å². The van der Waals surface area contributed by atoms with Gasteiger partial charge >= 0.3 is 0 Å². The van der Waals surface area contributed by atoms with Gasteiger partial charge in [0.05, 0.1) is 0 Å². The van der Waals surface area contributed by atoms with Crippen molar-refractivity contribution in [1.82, 2.24) is 0 Å². The lowest BCUT2D eigenvalue weighted by Gasteiger charge is -1.97. The van der Waals surface area contributed by atoms with Crippen LogP contribution in [0, 0.1) is 0 Å². The predicted octanol–water partition coefficient (Wildman–Crippen LogP) is 0.282. The van der Waals surface area contributed by atoms with Crippen LogP contribution in [0.1, 0.15) is 0 Å². The number of aliphatic imine (C=N–C) groups is 1. The van der Waals surface area contributed by atoms with E-state index in [2.05, 4.69) is 17.2 Å². The Morgan fingerprint density at radius 2 is 2.50 bits per heavy atom. The Labute approximate surface area is 53.1 Å². The molecule has 1 aliphatic heterocycles. The highest BCUT2D eigenvalue weighted by atomic mass is 32.1. The molecule has 0 aromatic carbocycles. The number of rotatable bonds is 1. The van der Waals surface area contributed by atoms with Crippen LogP contribution in [0.25, 0.3) is 0 Å². The van der Waals surface area contributed by atoms with E-state index in [0.29, 0.717) is 4.99 Å². The summed E-state index contributed by atoms with van der Waals surface area (Å²) in [6, 6.07) is -0.0370. The second kappa shape index (κ2) is 2.05. The smallest absolute Gasteiger partial charge is 0.118 e. The molecule has 0 unspecified atom stereocenters. The lowest BCUT2D eigenvalue weighted by molar-refractivity contribution is 1.12. The summed E-state index contributed by atoms with van der Waals surface area (Å²) in [5, 5.41) is 0. The summed E-state index contributed by atoms with van der Waals surface area (Å²) < 4.78 is 0. The van der Waals surface area contributed by atoms with Gasteiger partial charge in [-0.3, -0.25) is 4.99 Å². The van der Waals surface area contributed by atoms with Gasteiger partial charge in [-0.05, 0) is 6.08 Å². The molecule has 0 aromatic heterocycles. The SMILES string of the molecule is NC(=S)[C@@H]1C=CC=N1. The Morgan fingerprint density at radius 1 is 1.75 bits per heavy atom. The van der Waals surface area contributed by atoms with E-state index in [9.17, 15) is 0 Å². The molecule has 0 aromatic rings. The van der Waals surface area contributed by atoms with E-state index < -0.39 is 0 Å². The minimum atomic E-state index is -0.0370. The summed E-state index contributed by atoms with van der Waals surface area (Å²) in [4.78, 5) is 4.37. The van der Waals surface area contributed by atoms with E-state index in [0.717, 1.165) is 0 Å². The number of nitrogens with two attached hydrogens (primary N) is 1. The van der Waals surface area contributed by atoms with Crippen LogP contribution in [-0.2, 0) is 0 Å². The number of nitrogens with zero attached hydrogens (tertiary/aromatic N) is 1. The van der Waals surface area contributed by atoms with Crippen molar-refractivity contribution in [3.8, 4) is 0 Å². The molecule has 0 saturated carbocycles. The largest absolute Gasteiger partial charge is 0.391 e. The third-order valence-electron chi connectivity index (χ3n) is 0.918. The van der Waals surface area contributed by atoms with Gasteiger partial charge in [0.2, 0.25) is 0 Å². The van der Waals surface area contributed by atoms with Gasteiger partial charge in [0.1, 0.15) is 11.0 Å². The topological polar surface area (TPSA) is 38.4 Å². The average molecular weight is 126 g/mol. The molecule has 0 bridgehead atoms. The predicted molar refractivity (Wildman–Crippen MR) is 38.2 cm³/mol. The highest BCUT2D eigenvalue weighted by Crippen LogP contribution is 1.98. The van der Waals surface area contributed by atoms with Crippen LogP contribution in [0.3, 0.4) is 0 Å². The molecular weight excluding hydrogens is 120 g/mol. The Hall–Kier alpha value is -0.700. The van der Waals surface area contributed by atoms with E-state index in [1.807, 2.05) is 12.2 Å². The van der Waals surface area contributed by atoms with Gasteiger partial charge in [0.25, 0.3) is 0 Å². The molecule has 0 radical (unpaired) electrons. The molecule has 0 saturated heterocycles. The number of allylic oxidation sites excluding steroid dienone is 1. The third-order valence-corrected chi connectivity index (χ3v) is 1.16. The van der Waals surface area contributed by atoms with Crippen molar-refractivity contribution < 1.29 is 0 Å². The first-order chi connectivity index (χ1) is 3.80. The van der Waals surface area contributed by atoms with Crippen LogP contribution in [0.5, 0.6) is 0 Å². The first-order valence-corrected chi connectivity index (χ1v) is 2.71. The van der Waals surface area contributed by atoms with E-state index >= 15 is 0 Å². The molecule has 3 heteroatoms. The molecule has 8 heavy (non-hydrogen) atoms. The van der Waals surface area contributed by atoms with Crippen molar-refractivity contribution >= 4 is 23.4 Å². The minimum Gasteiger partial charge on any atom is -0.391 e. The average Bonchev–Trinajstić information content (AvgIpc) is 2.12. The maximum Gasteiger partial charge on any atom is 0.118 e. The molecule has 0 fully saturated rings. The Balaban J connectivity index is 2.62. The zero-order valence-electron chi connectivity index (χ0n) is 4.24. The highest BCUT2D eigenvalue weighted by Gasteiger charge is 2.05. The summed E-state index contributed by atoms with van der Waals surface area (Å²) in [6.45, 7) is 0. The normalized spacial score (nSPS) is 24.2. The summed E-state index contributed by atoms with van der Waals surface area (Å²) in [5.74, 6) is 0. The van der Waals surface area contributed by atoms with Crippen molar-refractivity contribution in [1.29, 1.82) is 0 Å². The van der Waals surface area contributed by atoms with Crippen LogP contribution < -0.4 is 5.73 Å². The van der Waals surface area contributed by atoms with Crippen LogP contribution in [0.2, 0.25) is 0 Å². The van der Waals surface area contributed by atoms with Gasteiger partial charge < -0.3 is 5.73 Å². The molecule has 0 aliphatic carbocycles. The van der Waals surface area contributed by atoms with Crippen LogP contribution in [0.15, 0.2) is 17.1 Å². The fourth-order valence-corrected chi connectivity index (χ4v) is 0.655. The molecular formula is C5H6N2S. The first-order valence-electron chi connectivity index (χ1n) is 2.30. The third kappa shape index (κ3) is 0.924. The summed E-state index contributed by atoms with van der Waals surface area (Å²) in [5.41, 5.74) is 5.26. The van der Waals surface area contributed by atoms with Crippen molar-refractivity contribution in [3.63, 3.8) is 0 Å². The molecule has 2 N–H and O–H groups in total. The van der Waals surface area contributed by atoms with E-state index in [1.54, 1.807) is 6.21 Å². The minimum absolute atomic E-state index is 0.0370. The van der Waals surface area contributed by atoms with Crippen LogP contribution >= 0.6 is 12.2 Å². The molecule has 0 amide bonds. The van der Waals surface area contributed by atoms with E-state index in [1.165, 1.54) is 0 Å². The monoisotopic (exact) mass is 126 g/mol. The number of hydrogen-bond donors (Lipinski definition) is 1. The Morgan fingerprint density at radius 3 is 2.75 bits per heavy atom. The van der Waals surface area contributed by atoms with Crippen molar-refractivity contribution in [2.24, 2.45) is 10.7 Å². The zero-order chi connectivity index (χ0) is 5.98. The molecule has 1 rings (SSSR count). The summed E-state index contributed by atoms with van der Waals surface area (Å²) in [6.07, 6.45) is 5.40. The Kier molecular flexibility index (Phi) is 1.39. The van der Waals surface area contributed by atoms with Gasteiger partial charge in [0.15, 0.2) is 0 Å². The lowest BCUT2D eigenvalue weighted by Crippen LogP contribution is -2.21. The summed E-state index contributed by atoms with van der Waals surface area (Å²) >= 11 is 4.67. The number of thiocarbonyl (C=S) groups is 1. The second-order valence-electron chi connectivity index (χ2n) is 1.53. The molecule has 2 nitrogen and oxygen atoms in total. The molecule has 0 spiro atoms. The Bertz CT molecular complexity index is 148. The standard InChI is InChI=1S/C5H6N2S/c6-5(8)4-2-1-3-7-4/h1-4H,(H2,6,8)/t4-/m0/s1. The van der Waals surface area contributed by atoms with E-state index in [4.69, 9.17) is 5.73 Å².